The first-order valence-electron chi connectivity index (χ1n) is 7.71. The number of rotatable bonds is 6. The molecular weight excluding hydrogens is 346 g/mol. The molecule has 1 aromatic carbocycles. The third kappa shape index (κ3) is 3.79. The number of carbonyl (C=O) groups excluding carboxylic acids is 3. The summed E-state index contributed by atoms with van der Waals surface area (Å²) in [5, 5.41) is 0. The highest BCUT2D eigenvalue weighted by Crippen LogP contribution is 2.30. The highest BCUT2D eigenvalue weighted by Gasteiger charge is 2.44. The van der Waals surface area contributed by atoms with Crippen molar-refractivity contribution in [1.29, 1.82) is 0 Å². The summed E-state index contributed by atoms with van der Waals surface area (Å²) in [7, 11) is -4.21. The molecule has 0 radical (unpaired) electrons. The van der Waals surface area contributed by atoms with Crippen LogP contribution in [0.25, 0.3) is 0 Å². The molecule has 25 heavy (non-hydrogen) atoms. The molecule has 0 aromatic heterocycles. The molecule has 8 heteroatoms. The molecule has 0 saturated heterocycles. The lowest BCUT2D eigenvalue weighted by atomic mass is 10.0. The molecule has 2 rings (SSSR count). The van der Waals surface area contributed by atoms with Gasteiger partial charge in [-0.1, -0.05) is 17.7 Å². The topological polar surface area (TPSA) is 97.8 Å². The van der Waals surface area contributed by atoms with Crippen molar-refractivity contribution in [3.05, 3.63) is 41.5 Å². The number of amides is 1. The van der Waals surface area contributed by atoms with Crippen molar-refractivity contribution in [2.75, 3.05) is 6.61 Å². The SMILES string of the molecule is CCOC(=O)C1=CC(=O)N(S(=O)(=O)c2ccc(C)cc2)C1CC(C)=O. The van der Waals surface area contributed by atoms with Gasteiger partial charge in [-0.05, 0) is 32.9 Å². The minimum absolute atomic E-state index is 0.0713. The van der Waals surface area contributed by atoms with Crippen LogP contribution in [0.4, 0.5) is 0 Å². The van der Waals surface area contributed by atoms with Gasteiger partial charge >= 0.3 is 5.97 Å². The lowest BCUT2D eigenvalue weighted by molar-refractivity contribution is -0.138. The van der Waals surface area contributed by atoms with Gasteiger partial charge in [-0.2, -0.15) is 0 Å². The molecule has 0 fully saturated rings. The van der Waals surface area contributed by atoms with Crippen LogP contribution in [0.1, 0.15) is 25.8 Å². The van der Waals surface area contributed by atoms with Crippen molar-refractivity contribution in [3.8, 4) is 0 Å². The molecule has 1 amide bonds. The van der Waals surface area contributed by atoms with Crippen LogP contribution >= 0.6 is 0 Å². The maximum absolute atomic E-state index is 12.9. The number of sulfonamides is 1. The Morgan fingerprint density at radius 3 is 2.32 bits per heavy atom. The van der Waals surface area contributed by atoms with Crippen molar-refractivity contribution >= 4 is 27.7 Å². The average Bonchev–Trinajstić information content (AvgIpc) is 2.84. The van der Waals surface area contributed by atoms with Gasteiger partial charge in [0.15, 0.2) is 0 Å². The zero-order chi connectivity index (χ0) is 18.8. The zero-order valence-electron chi connectivity index (χ0n) is 14.2. The first kappa shape index (κ1) is 18.9. The van der Waals surface area contributed by atoms with Crippen LogP contribution in [0.5, 0.6) is 0 Å². The van der Waals surface area contributed by atoms with Gasteiger partial charge in [0.25, 0.3) is 15.9 Å². The molecule has 7 nitrogen and oxygen atoms in total. The molecule has 1 aliphatic rings. The Morgan fingerprint density at radius 1 is 1.20 bits per heavy atom. The van der Waals surface area contributed by atoms with Gasteiger partial charge in [-0.15, -0.1) is 0 Å². The van der Waals surface area contributed by atoms with E-state index in [2.05, 4.69) is 0 Å². The summed E-state index contributed by atoms with van der Waals surface area (Å²) in [5.41, 5.74) is 0.732. The fourth-order valence-corrected chi connectivity index (χ4v) is 4.08. The number of hydrogen-bond acceptors (Lipinski definition) is 6. The van der Waals surface area contributed by atoms with Crippen molar-refractivity contribution in [3.63, 3.8) is 0 Å². The van der Waals surface area contributed by atoms with Gasteiger partial charge in [0.2, 0.25) is 0 Å². The Morgan fingerprint density at radius 2 is 1.80 bits per heavy atom. The maximum Gasteiger partial charge on any atom is 0.336 e. The monoisotopic (exact) mass is 365 g/mol. The fraction of sp³-hybridized carbons (Fsp3) is 0.353. The molecule has 1 atom stereocenters. The van der Waals surface area contributed by atoms with Gasteiger partial charge in [0.1, 0.15) is 5.78 Å². The minimum Gasteiger partial charge on any atom is -0.463 e. The number of nitrogens with zero attached hydrogens (tertiary/aromatic N) is 1. The predicted molar refractivity (Wildman–Crippen MR) is 89.0 cm³/mol. The number of aryl methyl sites for hydroxylation is 1. The van der Waals surface area contributed by atoms with Gasteiger partial charge in [-0.25, -0.2) is 17.5 Å². The standard InChI is InChI=1S/C17H19NO6S/c1-4-24-17(21)14-10-16(20)18(15(14)9-12(3)19)25(22,23)13-7-5-11(2)6-8-13/h5-8,10,15H,4,9H2,1-3H3. The summed E-state index contributed by atoms with van der Waals surface area (Å²) < 4.78 is 31.2. The second kappa shape index (κ2) is 7.18. The smallest absolute Gasteiger partial charge is 0.336 e. The molecule has 0 spiro atoms. The van der Waals surface area contributed by atoms with E-state index in [1.807, 2.05) is 0 Å². The molecule has 1 aliphatic heterocycles. The average molecular weight is 365 g/mol. The molecule has 0 saturated carbocycles. The van der Waals surface area contributed by atoms with E-state index in [9.17, 15) is 22.8 Å². The second-order valence-electron chi connectivity index (χ2n) is 5.69. The Labute approximate surface area is 146 Å². The van der Waals surface area contributed by atoms with E-state index in [1.54, 1.807) is 26.0 Å². The predicted octanol–water partition coefficient (Wildman–Crippen LogP) is 1.36. The number of esters is 1. The first-order valence-corrected chi connectivity index (χ1v) is 9.15. The van der Waals surface area contributed by atoms with E-state index in [0.717, 1.165) is 11.6 Å². The molecule has 1 heterocycles. The third-order valence-corrected chi connectivity index (χ3v) is 5.53. The Kier molecular flexibility index (Phi) is 5.42. The Balaban J connectivity index is 2.47. The van der Waals surface area contributed by atoms with Crippen molar-refractivity contribution in [1.82, 2.24) is 4.31 Å². The number of hydrogen-bond donors (Lipinski definition) is 0. The van der Waals surface area contributed by atoms with Crippen molar-refractivity contribution in [2.24, 2.45) is 0 Å². The maximum atomic E-state index is 12.9. The molecular formula is C17H19NO6S. The fourth-order valence-electron chi connectivity index (χ4n) is 2.56. The molecule has 0 aliphatic carbocycles. The van der Waals surface area contributed by atoms with Crippen LogP contribution in [-0.2, 0) is 29.1 Å². The lowest BCUT2D eigenvalue weighted by Gasteiger charge is -2.25. The largest absolute Gasteiger partial charge is 0.463 e. The summed E-state index contributed by atoms with van der Waals surface area (Å²) in [5.74, 6) is -2.02. The Bertz CT molecular complexity index is 838. The quantitative estimate of drug-likeness (QED) is 0.706. The molecule has 0 bridgehead atoms. The van der Waals surface area contributed by atoms with Crippen molar-refractivity contribution < 1.29 is 27.5 Å². The minimum atomic E-state index is -4.21. The van der Waals surface area contributed by atoms with E-state index in [4.69, 9.17) is 4.74 Å². The summed E-state index contributed by atoms with van der Waals surface area (Å²) in [6.07, 6.45) is 0.638. The van der Waals surface area contributed by atoms with Crippen LogP contribution in [0.3, 0.4) is 0 Å². The number of carbonyl (C=O) groups is 3. The lowest BCUT2D eigenvalue weighted by Crippen LogP contribution is -2.42. The molecule has 1 unspecified atom stereocenters. The first-order chi connectivity index (χ1) is 11.7. The van der Waals surface area contributed by atoms with E-state index < -0.39 is 27.9 Å². The van der Waals surface area contributed by atoms with E-state index >= 15 is 0 Å². The summed E-state index contributed by atoms with van der Waals surface area (Å²) in [6.45, 7) is 4.73. The summed E-state index contributed by atoms with van der Waals surface area (Å²) >= 11 is 0. The number of ether oxygens (including phenoxy) is 1. The zero-order valence-corrected chi connectivity index (χ0v) is 15.0. The van der Waals surface area contributed by atoms with Crippen LogP contribution in [0, 0.1) is 6.92 Å². The third-order valence-electron chi connectivity index (χ3n) is 3.71. The highest BCUT2D eigenvalue weighted by molar-refractivity contribution is 7.89. The van der Waals surface area contributed by atoms with Gasteiger partial charge in [-0.3, -0.25) is 9.59 Å². The van der Waals surface area contributed by atoms with Crippen LogP contribution in [0.2, 0.25) is 0 Å². The number of benzene rings is 1. The summed E-state index contributed by atoms with van der Waals surface area (Å²) in [6, 6.07) is 4.77. The van der Waals surface area contributed by atoms with Gasteiger partial charge < -0.3 is 4.74 Å². The van der Waals surface area contributed by atoms with Gasteiger partial charge in [0.05, 0.1) is 23.1 Å². The molecule has 1 aromatic rings. The van der Waals surface area contributed by atoms with E-state index in [0.29, 0.717) is 4.31 Å². The van der Waals surface area contributed by atoms with Crippen molar-refractivity contribution in [2.45, 2.75) is 38.1 Å². The van der Waals surface area contributed by atoms with Crippen LogP contribution < -0.4 is 0 Å². The Hall–Kier alpha value is -2.48. The summed E-state index contributed by atoms with van der Waals surface area (Å²) in [4.78, 5) is 35.9. The van der Waals surface area contributed by atoms with Crippen LogP contribution in [-0.4, -0.2) is 43.0 Å². The van der Waals surface area contributed by atoms with E-state index in [-0.39, 0.29) is 29.3 Å². The van der Waals surface area contributed by atoms with Crippen LogP contribution in [0.15, 0.2) is 40.8 Å². The van der Waals surface area contributed by atoms with Gasteiger partial charge in [0, 0.05) is 12.5 Å². The van der Waals surface area contributed by atoms with E-state index in [1.165, 1.54) is 19.1 Å². The highest BCUT2D eigenvalue weighted by atomic mass is 32.2. The normalized spacial score (nSPS) is 17.4. The number of Topliss-reactive ketones (excluding diaryl/α,β-unsaturated/α-hetero) is 1. The molecule has 134 valence electrons. The second-order valence-corrected chi connectivity index (χ2v) is 7.51. The number of ketones is 1. The molecule has 0 N–H and O–H groups in total.